The zero-order valence-corrected chi connectivity index (χ0v) is 14.7. The van der Waals surface area contributed by atoms with Crippen molar-refractivity contribution in [1.29, 1.82) is 0 Å². The molecule has 1 unspecified atom stereocenters. The van der Waals surface area contributed by atoms with Gasteiger partial charge in [0.05, 0.1) is 14.6 Å². The van der Waals surface area contributed by atoms with Gasteiger partial charge in [0.2, 0.25) is 5.91 Å². The van der Waals surface area contributed by atoms with Crippen LogP contribution in [0.25, 0.3) is 0 Å². The molecule has 0 bridgehead atoms. The number of pyridine rings is 1. The summed E-state index contributed by atoms with van der Waals surface area (Å²) in [6.45, 7) is 3.94. The molecule has 0 aliphatic carbocycles. The van der Waals surface area contributed by atoms with Crippen LogP contribution in [0, 0.1) is 6.92 Å². The number of aromatic nitrogens is 1. The van der Waals surface area contributed by atoms with Crippen LogP contribution < -0.4 is 10.0 Å². The molecule has 0 radical (unpaired) electrons. The first-order valence-corrected chi connectivity index (χ1v) is 9.64. The van der Waals surface area contributed by atoms with E-state index in [-0.39, 0.29) is 5.91 Å². The summed E-state index contributed by atoms with van der Waals surface area (Å²) in [5.74, 6) is 3.96. The Morgan fingerprint density at radius 2 is 2.17 bits per heavy atom. The van der Waals surface area contributed by atoms with E-state index >= 15 is 0 Å². The van der Waals surface area contributed by atoms with Crippen LogP contribution >= 0.6 is 0 Å². The molecule has 0 fully saturated rings. The first-order valence-electron chi connectivity index (χ1n) is 7.92. The number of aryl methyl sites for hydroxylation is 3. The second-order valence-corrected chi connectivity index (χ2v) is 7.98. The number of hydrogen-bond donors (Lipinski definition) is 2. The normalized spacial score (nSPS) is 16.0. The SMILES string of the molecule is C=S(=O)(Nc1cc(C)c2c(c1)CCC(=O)N2)c1ccncc1CC. The predicted octanol–water partition coefficient (Wildman–Crippen LogP) is 2.94. The van der Waals surface area contributed by atoms with Crippen LogP contribution in [0.1, 0.15) is 30.0 Å². The quantitative estimate of drug-likeness (QED) is 0.839. The van der Waals surface area contributed by atoms with Crippen LogP contribution in [-0.2, 0) is 27.3 Å². The Kier molecular flexibility index (Phi) is 4.32. The molecule has 126 valence electrons. The highest BCUT2D eigenvalue weighted by Crippen LogP contribution is 2.31. The summed E-state index contributed by atoms with van der Waals surface area (Å²) in [5.41, 5.74) is 4.54. The van der Waals surface area contributed by atoms with Gasteiger partial charge in [0.1, 0.15) is 0 Å². The number of carbonyl (C=O) groups excluding carboxylic acids is 1. The van der Waals surface area contributed by atoms with Crippen molar-refractivity contribution >= 4 is 32.9 Å². The van der Waals surface area contributed by atoms with Gasteiger partial charge in [0, 0.05) is 30.2 Å². The molecule has 1 aliphatic rings. The maximum Gasteiger partial charge on any atom is 0.224 e. The number of fused-ring (bicyclic) bond motifs is 1. The van der Waals surface area contributed by atoms with E-state index in [0.29, 0.717) is 17.7 Å². The first-order chi connectivity index (χ1) is 11.4. The van der Waals surface area contributed by atoms with Gasteiger partial charge in [-0.1, -0.05) is 6.92 Å². The summed E-state index contributed by atoms with van der Waals surface area (Å²) in [7, 11) is -2.69. The van der Waals surface area contributed by atoms with Gasteiger partial charge in [-0.2, -0.15) is 0 Å². The number of nitrogens with one attached hydrogen (secondary N) is 2. The molecule has 1 aromatic carbocycles. The Balaban J connectivity index is 1.96. The van der Waals surface area contributed by atoms with Crippen LogP contribution in [0.5, 0.6) is 0 Å². The van der Waals surface area contributed by atoms with Crippen molar-refractivity contribution in [2.75, 3.05) is 10.0 Å². The smallest absolute Gasteiger partial charge is 0.224 e. The molecule has 3 rings (SSSR count). The van der Waals surface area contributed by atoms with E-state index in [0.717, 1.165) is 34.5 Å². The lowest BCUT2D eigenvalue weighted by Crippen LogP contribution is -2.21. The summed E-state index contributed by atoms with van der Waals surface area (Å²) >= 11 is 0. The molecule has 24 heavy (non-hydrogen) atoms. The minimum absolute atomic E-state index is 0.0386. The Hall–Kier alpha value is -2.34. The van der Waals surface area contributed by atoms with Crippen molar-refractivity contribution in [2.45, 2.75) is 38.0 Å². The van der Waals surface area contributed by atoms with E-state index in [1.807, 2.05) is 26.0 Å². The minimum atomic E-state index is -2.69. The van der Waals surface area contributed by atoms with Crippen LogP contribution in [0.3, 0.4) is 0 Å². The fourth-order valence-electron chi connectivity index (χ4n) is 2.99. The first kappa shape index (κ1) is 16.5. The Labute approximate surface area is 142 Å². The maximum absolute atomic E-state index is 13.1. The molecule has 1 aliphatic heterocycles. The fraction of sp³-hybridized carbons (Fsp3) is 0.278. The molecule has 0 spiro atoms. The summed E-state index contributed by atoms with van der Waals surface area (Å²) in [6, 6.07) is 5.59. The predicted molar refractivity (Wildman–Crippen MR) is 98.9 cm³/mol. The topological polar surface area (TPSA) is 71.1 Å². The number of hydrogen-bond acceptors (Lipinski definition) is 3. The number of rotatable bonds is 4. The molecule has 1 atom stereocenters. The van der Waals surface area contributed by atoms with Gasteiger partial charge in [-0.15, -0.1) is 0 Å². The van der Waals surface area contributed by atoms with Gasteiger partial charge in [0.25, 0.3) is 0 Å². The van der Waals surface area contributed by atoms with Crippen molar-refractivity contribution in [3.8, 4) is 0 Å². The van der Waals surface area contributed by atoms with E-state index in [1.165, 1.54) is 0 Å². The molecule has 1 aromatic heterocycles. The lowest BCUT2D eigenvalue weighted by molar-refractivity contribution is -0.116. The molecule has 2 aromatic rings. The summed E-state index contributed by atoms with van der Waals surface area (Å²) in [4.78, 5) is 16.3. The average Bonchev–Trinajstić information content (AvgIpc) is 2.55. The summed E-state index contributed by atoms with van der Waals surface area (Å²) in [6.07, 6.45) is 5.27. The minimum Gasteiger partial charge on any atom is -0.326 e. The van der Waals surface area contributed by atoms with Gasteiger partial charge in [-0.05, 0) is 60.5 Å². The van der Waals surface area contributed by atoms with Crippen LogP contribution in [0.4, 0.5) is 11.4 Å². The van der Waals surface area contributed by atoms with Crippen LogP contribution in [-0.4, -0.2) is 21.0 Å². The van der Waals surface area contributed by atoms with E-state index in [2.05, 4.69) is 20.9 Å². The van der Waals surface area contributed by atoms with Gasteiger partial charge in [-0.25, -0.2) is 4.21 Å². The van der Waals surface area contributed by atoms with Crippen LogP contribution in [0.15, 0.2) is 35.5 Å². The third kappa shape index (κ3) is 3.14. The van der Waals surface area contributed by atoms with Crippen molar-refractivity contribution in [2.24, 2.45) is 0 Å². The fourth-order valence-corrected chi connectivity index (χ4v) is 4.50. The number of nitrogens with zero attached hydrogens (tertiary/aromatic N) is 1. The standard InChI is InChI=1S/C18H21N3O2S/c1-4-13-11-19-8-7-16(13)24(3,23)21-15-9-12(2)18-14(10-15)5-6-17(22)20-18/h7-11H,3-6H2,1-2H3,(H,20,22)(H,21,23). The largest absolute Gasteiger partial charge is 0.326 e. The lowest BCUT2D eigenvalue weighted by Gasteiger charge is -2.22. The van der Waals surface area contributed by atoms with Gasteiger partial charge in [0.15, 0.2) is 0 Å². The van der Waals surface area contributed by atoms with E-state index < -0.39 is 9.71 Å². The third-order valence-corrected chi connectivity index (χ3v) is 5.85. The Morgan fingerprint density at radius 3 is 2.92 bits per heavy atom. The zero-order valence-electron chi connectivity index (χ0n) is 13.9. The Bertz CT molecular complexity index is 904. The number of benzene rings is 1. The summed E-state index contributed by atoms with van der Waals surface area (Å²) in [5, 5.41) is 2.91. The Morgan fingerprint density at radius 1 is 1.38 bits per heavy atom. The highest BCUT2D eigenvalue weighted by atomic mass is 32.2. The van der Waals surface area contributed by atoms with Crippen molar-refractivity contribution < 1.29 is 9.00 Å². The molecule has 6 heteroatoms. The molecule has 5 nitrogen and oxygen atoms in total. The molecule has 1 amide bonds. The highest BCUT2D eigenvalue weighted by molar-refractivity contribution is 8.01. The summed E-state index contributed by atoms with van der Waals surface area (Å²) < 4.78 is 16.2. The van der Waals surface area contributed by atoms with Gasteiger partial charge >= 0.3 is 0 Å². The van der Waals surface area contributed by atoms with E-state index in [9.17, 15) is 9.00 Å². The molecule has 2 heterocycles. The molecule has 0 saturated carbocycles. The van der Waals surface area contributed by atoms with Crippen molar-refractivity contribution in [3.63, 3.8) is 0 Å². The lowest BCUT2D eigenvalue weighted by atomic mass is 9.99. The van der Waals surface area contributed by atoms with Crippen LogP contribution in [0.2, 0.25) is 0 Å². The maximum atomic E-state index is 13.1. The second kappa shape index (κ2) is 6.28. The number of amides is 1. The van der Waals surface area contributed by atoms with Crippen molar-refractivity contribution in [1.82, 2.24) is 4.98 Å². The second-order valence-electron chi connectivity index (χ2n) is 5.99. The molecule has 0 saturated heterocycles. The monoisotopic (exact) mass is 343 g/mol. The van der Waals surface area contributed by atoms with E-state index in [1.54, 1.807) is 18.5 Å². The number of anilines is 2. The van der Waals surface area contributed by atoms with Crippen molar-refractivity contribution in [3.05, 3.63) is 47.3 Å². The van der Waals surface area contributed by atoms with E-state index in [4.69, 9.17) is 0 Å². The average molecular weight is 343 g/mol. The number of carbonyl (C=O) groups is 1. The zero-order chi connectivity index (χ0) is 17.3. The third-order valence-electron chi connectivity index (χ3n) is 4.18. The molecular weight excluding hydrogens is 322 g/mol. The molecular formula is C18H21N3O2S. The highest BCUT2D eigenvalue weighted by Gasteiger charge is 2.19. The van der Waals surface area contributed by atoms with Gasteiger partial charge in [-0.3, -0.25) is 9.78 Å². The van der Waals surface area contributed by atoms with Gasteiger partial charge < -0.3 is 10.0 Å². The molecule has 2 N–H and O–H groups in total.